The quantitative estimate of drug-likeness (QED) is 0.860. The van der Waals surface area contributed by atoms with Crippen LogP contribution in [0.5, 0.6) is 0 Å². The topological polar surface area (TPSA) is 12.0 Å². The molecule has 1 saturated heterocycles. The van der Waals surface area contributed by atoms with Crippen molar-refractivity contribution >= 4 is 15.9 Å². The van der Waals surface area contributed by atoms with Gasteiger partial charge in [0.1, 0.15) is 5.67 Å². The summed E-state index contributed by atoms with van der Waals surface area (Å²) in [5.41, 5.74) is -0.451. The maximum absolute atomic E-state index is 14.4. The van der Waals surface area contributed by atoms with Gasteiger partial charge in [0.05, 0.1) is 0 Å². The van der Waals surface area contributed by atoms with Gasteiger partial charge in [0, 0.05) is 23.5 Å². The van der Waals surface area contributed by atoms with E-state index in [0.717, 1.165) is 23.1 Å². The third kappa shape index (κ3) is 1.71. The Morgan fingerprint density at radius 1 is 1.50 bits per heavy atom. The van der Waals surface area contributed by atoms with Crippen LogP contribution in [0.1, 0.15) is 12.5 Å². The first-order chi connectivity index (χ1) is 6.60. The smallest absolute Gasteiger partial charge is 0.138 e. The summed E-state index contributed by atoms with van der Waals surface area (Å²) in [7, 11) is 0. The first kappa shape index (κ1) is 10.1. The summed E-state index contributed by atoms with van der Waals surface area (Å²) in [5, 5.41) is 3.10. The second kappa shape index (κ2) is 3.63. The van der Waals surface area contributed by atoms with Gasteiger partial charge in [0.25, 0.3) is 0 Å². The van der Waals surface area contributed by atoms with E-state index >= 15 is 0 Å². The number of hydrogen-bond acceptors (Lipinski definition) is 1. The normalized spacial score (nSPS) is 21.4. The van der Waals surface area contributed by atoms with E-state index in [9.17, 15) is 4.39 Å². The van der Waals surface area contributed by atoms with Gasteiger partial charge >= 0.3 is 0 Å². The molecule has 1 aliphatic rings. The highest BCUT2D eigenvalue weighted by atomic mass is 79.9. The van der Waals surface area contributed by atoms with Crippen LogP contribution in [0.25, 0.3) is 0 Å². The lowest BCUT2D eigenvalue weighted by Crippen LogP contribution is -2.51. The minimum atomic E-state index is -1.21. The van der Waals surface area contributed by atoms with E-state index in [1.807, 2.05) is 24.3 Å². The molecule has 0 amide bonds. The Hall–Kier alpha value is -0.410. The summed E-state index contributed by atoms with van der Waals surface area (Å²) >= 11 is 3.36. The Labute approximate surface area is 91.8 Å². The molecule has 0 spiro atoms. The lowest BCUT2D eigenvalue weighted by Gasteiger charge is -2.38. The molecule has 3 heteroatoms. The molecule has 1 aliphatic heterocycles. The van der Waals surface area contributed by atoms with Crippen LogP contribution in [0.3, 0.4) is 0 Å². The maximum Gasteiger partial charge on any atom is 0.138 e. The highest BCUT2D eigenvalue weighted by Gasteiger charge is 2.39. The van der Waals surface area contributed by atoms with Crippen molar-refractivity contribution in [1.82, 2.24) is 5.32 Å². The molecule has 0 radical (unpaired) electrons. The van der Waals surface area contributed by atoms with Crippen LogP contribution >= 0.6 is 15.9 Å². The van der Waals surface area contributed by atoms with Crippen LogP contribution in [0, 0.1) is 5.92 Å². The SMILES string of the molecule is CC(F)(c1cccc(Br)c1)C1CNC1. The highest BCUT2D eigenvalue weighted by Crippen LogP contribution is 2.36. The third-order valence-electron chi connectivity index (χ3n) is 2.94. The molecule has 1 atom stereocenters. The monoisotopic (exact) mass is 257 g/mol. The highest BCUT2D eigenvalue weighted by molar-refractivity contribution is 9.10. The Morgan fingerprint density at radius 3 is 2.71 bits per heavy atom. The average Bonchev–Trinajstić information content (AvgIpc) is 2.00. The van der Waals surface area contributed by atoms with Gasteiger partial charge in [0.15, 0.2) is 0 Å². The fourth-order valence-corrected chi connectivity index (χ4v) is 2.10. The minimum absolute atomic E-state index is 0.108. The second-order valence-electron chi connectivity index (χ2n) is 3.94. The van der Waals surface area contributed by atoms with Gasteiger partial charge < -0.3 is 5.32 Å². The van der Waals surface area contributed by atoms with Crippen molar-refractivity contribution in [3.8, 4) is 0 Å². The summed E-state index contributed by atoms with van der Waals surface area (Å²) in [6.45, 7) is 3.22. The van der Waals surface area contributed by atoms with Gasteiger partial charge in [0.2, 0.25) is 0 Å². The molecular weight excluding hydrogens is 245 g/mol. The van der Waals surface area contributed by atoms with Crippen molar-refractivity contribution in [2.75, 3.05) is 13.1 Å². The molecule has 1 aromatic rings. The molecule has 1 heterocycles. The molecule has 0 aliphatic carbocycles. The van der Waals surface area contributed by atoms with Crippen LogP contribution < -0.4 is 5.32 Å². The predicted octanol–water partition coefficient (Wildman–Crippen LogP) is 2.85. The van der Waals surface area contributed by atoms with E-state index in [-0.39, 0.29) is 5.92 Å². The zero-order valence-electron chi connectivity index (χ0n) is 8.06. The molecule has 1 aromatic carbocycles. The second-order valence-corrected chi connectivity index (χ2v) is 4.86. The summed E-state index contributed by atoms with van der Waals surface area (Å²) in [6, 6.07) is 7.50. The number of benzene rings is 1. The molecular formula is C11H13BrFN. The van der Waals surface area contributed by atoms with Crippen molar-refractivity contribution in [2.24, 2.45) is 5.92 Å². The Bertz CT molecular complexity index is 334. The van der Waals surface area contributed by atoms with Crippen molar-refractivity contribution in [1.29, 1.82) is 0 Å². The molecule has 0 bridgehead atoms. The van der Waals surface area contributed by atoms with Gasteiger partial charge in [-0.05, 0) is 24.6 Å². The molecule has 2 rings (SSSR count). The summed E-state index contributed by atoms with van der Waals surface area (Å²) in [5.74, 6) is 0.108. The standard InChI is InChI=1S/C11H13BrFN/c1-11(13,9-6-14-7-9)8-3-2-4-10(12)5-8/h2-5,9,14H,6-7H2,1H3. The van der Waals surface area contributed by atoms with Gasteiger partial charge in [-0.2, -0.15) is 0 Å². The molecule has 0 aromatic heterocycles. The number of rotatable bonds is 2. The molecule has 1 nitrogen and oxygen atoms in total. The van der Waals surface area contributed by atoms with Crippen LogP contribution in [-0.2, 0) is 5.67 Å². The first-order valence-corrected chi connectivity index (χ1v) is 5.55. The number of alkyl halides is 1. The molecule has 1 fully saturated rings. The Kier molecular flexibility index (Phi) is 2.62. The van der Waals surface area contributed by atoms with E-state index in [2.05, 4.69) is 21.2 Å². The van der Waals surface area contributed by atoms with E-state index < -0.39 is 5.67 Å². The van der Waals surface area contributed by atoms with Crippen molar-refractivity contribution in [2.45, 2.75) is 12.6 Å². The first-order valence-electron chi connectivity index (χ1n) is 4.76. The van der Waals surface area contributed by atoms with E-state index in [0.29, 0.717) is 0 Å². The lowest BCUT2D eigenvalue weighted by molar-refractivity contribution is 0.0631. The third-order valence-corrected chi connectivity index (χ3v) is 3.43. The zero-order chi connectivity index (χ0) is 10.2. The number of nitrogens with one attached hydrogen (secondary N) is 1. The molecule has 0 saturated carbocycles. The van der Waals surface area contributed by atoms with Gasteiger partial charge in [-0.15, -0.1) is 0 Å². The number of halogens is 2. The van der Waals surface area contributed by atoms with Crippen LogP contribution in [0.2, 0.25) is 0 Å². The van der Waals surface area contributed by atoms with Crippen LogP contribution in [0.4, 0.5) is 4.39 Å². The lowest BCUT2D eigenvalue weighted by atomic mass is 9.81. The summed E-state index contributed by atoms with van der Waals surface area (Å²) < 4.78 is 15.3. The Balaban J connectivity index is 2.28. The van der Waals surface area contributed by atoms with Crippen molar-refractivity contribution in [3.05, 3.63) is 34.3 Å². The van der Waals surface area contributed by atoms with Gasteiger partial charge in [-0.1, -0.05) is 28.1 Å². The van der Waals surface area contributed by atoms with Crippen molar-refractivity contribution in [3.63, 3.8) is 0 Å². The fourth-order valence-electron chi connectivity index (χ4n) is 1.70. The Morgan fingerprint density at radius 2 is 2.21 bits per heavy atom. The summed E-state index contributed by atoms with van der Waals surface area (Å²) in [4.78, 5) is 0. The summed E-state index contributed by atoms with van der Waals surface area (Å²) in [6.07, 6.45) is 0. The number of hydrogen-bond donors (Lipinski definition) is 1. The van der Waals surface area contributed by atoms with E-state index in [4.69, 9.17) is 0 Å². The fraction of sp³-hybridized carbons (Fsp3) is 0.455. The van der Waals surface area contributed by atoms with Crippen LogP contribution in [-0.4, -0.2) is 13.1 Å². The van der Waals surface area contributed by atoms with Crippen LogP contribution in [0.15, 0.2) is 28.7 Å². The van der Waals surface area contributed by atoms with E-state index in [1.54, 1.807) is 6.92 Å². The molecule has 1 N–H and O–H groups in total. The average molecular weight is 258 g/mol. The molecule has 76 valence electrons. The molecule has 1 unspecified atom stereocenters. The minimum Gasteiger partial charge on any atom is -0.316 e. The predicted molar refractivity (Wildman–Crippen MR) is 59.0 cm³/mol. The zero-order valence-corrected chi connectivity index (χ0v) is 9.64. The van der Waals surface area contributed by atoms with Gasteiger partial charge in [-0.25, -0.2) is 4.39 Å². The van der Waals surface area contributed by atoms with Gasteiger partial charge in [-0.3, -0.25) is 0 Å². The largest absolute Gasteiger partial charge is 0.316 e. The van der Waals surface area contributed by atoms with E-state index in [1.165, 1.54) is 0 Å². The van der Waals surface area contributed by atoms with Crippen molar-refractivity contribution < 1.29 is 4.39 Å². The molecule has 14 heavy (non-hydrogen) atoms. The maximum atomic E-state index is 14.4.